The number of fused-ring (bicyclic) bond motifs is 1. The average Bonchev–Trinajstić information content (AvgIpc) is 2.84. The number of nitrogens with zero attached hydrogens (tertiary/aromatic N) is 1. The maximum Gasteiger partial charge on any atom is 0.315 e. The van der Waals surface area contributed by atoms with Crippen molar-refractivity contribution in [1.82, 2.24) is 15.6 Å². The molecule has 1 aromatic heterocycles. The quantitative estimate of drug-likeness (QED) is 0.891. The number of ether oxygens (including phenoxy) is 2. The van der Waals surface area contributed by atoms with Crippen LogP contribution in [0, 0.1) is 6.92 Å². The highest BCUT2D eigenvalue weighted by molar-refractivity contribution is 7.09. The van der Waals surface area contributed by atoms with Gasteiger partial charge in [0.25, 0.3) is 0 Å². The van der Waals surface area contributed by atoms with Crippen LogP contribution in [0.1, 0.15) is 35.7 Å². The van der Waals surface area contributed by atoms with Crippen molar-refractivity contribution in [2.75, 3.05) is 13.2 Å². The zero-order valence-corrected chi connectivity index (χ0v) is 14.6. The summed E-state index contributed by atoms with van der Waals surface area (Å²) in [5.41, 5.74) is 1.84. The van der Waals surface area contributed by atoms with E-state index in [4.69, 9.17) is 9.47 Å². The molecule has 0 spiro atoms. The fourth-order valence-electron chi connectivity index (χ4n) is 2.44. The van der Waals surface area contributed by atoms with Crippen molar-refractivity contribution >= 4 is 17.4 Å². The summed E-state index contributed by atoms with van der Waals surface area (Å²) < 4.78 is 11.3. The lowest BCUT2D eigenvalue weighted by Crippen LogP contribution is -2.36. The van der Waals surface area contributed by atoms with Crippen LogP contribution in [-0.4, -0.2) is 24.2 Å². The van der Waals surface area contributed by atoms with Gasteiger partial charge in [0.05, 0.1) is 36.5 Å². The minimum atomic E-state index is -0.222. The van der Waals surface area contributed by atoms with Crippen LogP contribution in [0.2, 0.25) is 0 Å². The molecule has 0 aliphatic carbocycles. The summed E-state index contributed by atoms with van der Waals surface area (Å²) in [4.78, 5) is 16.4. The third kappa shape index (κ3) is 4.17. The van der Waals surface area contributed by atoms with E-state index in [1.807, 2.05) is 37.4 Å². The molecule has 0 unspecified atom stereocenters. The van der Waals surface area contributed by atoms with Gasteiger partial charge >= 0.3 is 6.03 Å². The van der Waals surface area contributed by atoms with Gasteiger partial charge in [0.2, 0.25) is 0 Å². The molecule has 1 aliphatic rings. The smallest absolute Gasteiger partial charge is 0.315 e. The minimum Gasteiger partial charge on any atom is -0.490 e. The van der Waals surface area contributed by atoms with Crippen molar-refractivity contribution < 1.29 is 14.3 Å². The van der Waals surface area contributed by atoms with Crippen molar-refractivity contribution in [3.8, 4) is 11.5 Å². The van der Waals surface area contributed by atoms with Crippen LogP contribution in [0.4, 0.5) is 4.79 Å². The van der Waals surface area contributed by atoms with E-state index in [1.165, 1.54) is 0 Å². The second-order valence-electron chi connectivity index (χ2n) is 5.66. The van der Waals surface area contributed by atoms with Gasteiger partial charge in [-0.25, -0.2) is 9.78 Å². The Kier molecular flexibility index (Phi) is 5.20. The molecule has 2 N–H and O–H groups in total. The standard InChI is InChI=1S/C17H21N3O3S/c1-11(19-17(21)18-9-14-10-24-12(2)20-14)13-4-5-15-16(8-13)23-7-3-6-22-15/h4-5,8,10-11H,3,6-7,9H2,1-2H3,(H2,18,19,21)/t11-/m0/s1. The molecule has 2 aromatic rings. The molecular weight excluding hydrogens is 326 g/mol. The van der Waals surface area contributed by atoms with Crippen LogP contribution in [0.25, 0.3) is 0 Å². The molecule has 3 rings (SSSR count). The normalized spacial score (nSPS) is 14.6. The molecular formula is C17H21N3O3S. The molecule has 128 valence electrons. The summed E-state index contributed by atoms with van der Waals surface area (Å²) in [6, 6.07) is 5.40. The van der Waals surface area contributed by atoms with Crippen molar-refractivity contribution in [2.45, 2.75) is 32.9 Å². The number of carbonyl (C=O) groups excluding carboxylic acids is 1. The third-order valence-electron chi connectivity index (χ3n) is 3.72. The summed E-state index contributed by atoms with van der Waals surface area (Å²) in [7, 11) is 0. The number of benzene rings is 1. The number of rotatable bonds is 4. The van der Waals surface area contributed by atoms with Crippen molar-refractivity contribution in [3.63, 3.8) is 0 Å². The molecule has 7 heteroatoms. The molecule has 0 saturated heterocycles. The fourth-order valence-corrected chi connectivity index (χ4v) is 3.05. The van der Waals surface area contributed by atoms with Crippen LogP contribution >= 0.6 is 11.3 Å². The summed E-state index contributed by atoms with van der Waals surface area (Å²) in [6.45, 7) is 5.61. The zero-order chi connectivity index (χ0) is 16.9. The summed E-state index contributed by atoms with van der Waals surface area (Å²) in [6.07, 6.45) is 0.871. The van der Waals surface area contributed by atoms with Crippen LogP contribution in [0.5, 0.6) is 11.5 Å². The van der Waals surface area contributed by atoms with Crippen LogP contribution in [0.15, 0.2) is 23.6 Å². The van der Waals surface area contributed by atoms with Crippen LogP contribution in [0.3, 0.4) is 0 Å². The molecule has 0 radical (unpaired) electrons. The Bertz CT molecular complexity index is 717. The first kappa shape index (κ1) is 16.6. The Hall–Kier alpha value is -2.28. The van der Waals surface area contributed by atoms with Gasteiger partial charge in [-0.2, -0.15) is 0 Å². The number of amides is 2. The topological polar surface area (TPSA) is 72.5 Å². The summed E-state index contributed by atoms with van der Waals surface area (Å²) in [5, 5.41) is 8.69. The van der Waals surface area contributed by atoms with Crippen molar-refractivity contribution in [2.24, 2.45) is 0 Å². The van der Waals surface area contributed by atoms with Gasteiger partial charge in [0.1, 0.15) is 0 Å². The number of urea groups is 1. The van der Waals surface area contributed by atoms with E-state index >= 15 is 0 Å². The predicted octanol–water partition coefficient (Wildman–Crippen LogP) is 3.17. The van der Waals surface area contributed by atoms with E-state index in [0.717, 1.165) is 34.2 Å². The molecule has 1 aromatic carbocycles. The second-order valence-corrected chi connectivity index (χ2v) is 6.73. The number of thiazole rings is 1. The van der Waals surface area contributed by atoms with Gasteiger partial charge < -0.3 is 20.1 Å². The lowest BCUT2D eigenvalue weighted by molar-refractivity contribution is 0.237. The summed E-state index contributed by atoms with van der Waals surface area (Å²) in [5.74, 6) is 1.49. The molecule has 1 aliphatic heterocycles. The van der Waals surface area contributed by atoms with Gasteiger partial charge in [-0.3, -0.25) is 0 Å². The highest BCUT2D eigenvalue weighted by Crippen LogP contribution is 2.32. The van der Waals surface area contributed by atoms with Crippen LogP contribution < -0.4 is 20.1 Å². The maximum atomic E-state index is 12.0. The van der Waals surface area contributed by atoms with Crippen molar-refractivity contribution in [1.29, 1.82) is 0 Å². The van der Waals surface area contributed by atoms with Gasteiger partial charge in [-0.05, 0) is 31.5 Å². The van der Waals surface area contributed by atoms with E-state index in [-0.39, 0.29) is 12.1 Å². The molecule has 2 amide bonds. The van der Waals surface area contributed by atoms with E-state index < -0.39 is 0 Å². The van der Waals surface area contributed by atoms with Crippen molar-refractivity contribution in [3.05, 3.63) is 39.8 Å². The van der Waals surface area contributed by atoms with Gasteiger partial charge in [0, 0.05) is 11.8 Å². The first-order valence-corrected chi connectivity index (χ1v) is 8.84. The number of aryl methyl sites for hydroxylation is 1. The molecule has 24 heavy (non-hydrogen) atoms. The SMILES string of the molecule is Cc1nc(CNC(=O)N[C@@H](C)c2ccc3c(c2)OCCCO3)cs1. The predicted molar refractivity (Wildman–Crippen MR) is 92.7 cm³/mol. The molecule has 0 saturated carbocycles. The van der Waals surface area contributed by atoms with E-state index in [0.29, 0.717) is 19.8 Å². The van der Waals surface area contributed by atoms with E-state index in [9.17, 15) is 4.79 Å². The number of hydrogen-bond donors (Lipinski definition) is 2. The molecule has 0 fully saturated rings. The zero-order valence-electron chi connectivity index (χ0n) is 13.8. The van der Waals surface area contributed by atoms with E-state index in [1.54, 1.807) is 11.3 Å². The molecule has 2 heterocycles. The highest BCUT2D eigenvalue weighted by atomic mass is 32.1. The number of nitrogens with one attached hydrogen (secondary N) is 2. The Morgan fingerprint density at radius 1 is 1.33 bits per heavy atom. The first-order valence-electron chi connectivity index (χ1n) is 7.97. The Morgan fingerprint density at radius 3 is 2.88 bits per heavy atom. The fraction of sp³-hybridized carbons (Fsp3) is 0.412. The highest BCUT2D eigenvalue weighted by Gasteiger charge is 2.15. The Morgan fingerprint density at radius 2 is 2.12 bits per heavy atom. The first-order chi connectivity index (χ1) is 11.6. The largest absolute Gasteiger partial charge is 0.490 e. The lowest BCUT2D eigenvalue weighted by atomic mass is 10.1. The molecule has 1 atom stereocenters. The maximum absolute atomic E-state index is 12.0. The third-order valence-corrected chi connectivity index (χ3v) is 4.54. The summed E-state index contributed by atoms with van der Waals surface area (Å²) >= 11 is 1.57. The Balaban J connectivity index is 1.56. The van der Waals surface area contributed by atoms with Crippen LogP contribution in [-0.2, 0) is 6.54 Å². The second kappa shape index (κ2) is 7.53. The molecule has 6 nitrogen and oxygen atoms in total. The number of hydrogen-bond acceptors (Lipinski definition) is 5. The number of aromatic nitrogens is 1. The lowest BCUT2D eigenvalue weighted by Gasteiger charge is -2.16. The van der Waals surface area contributed by atoms with Gasteiger partial charge in [-0.1, -0.05) is 6.07 Å². The van der Waals surface area contributed by atoms with E-state index in [2.05, 4.69) is 15.6 Å². The van der Waals surface area contributed by atoms with Gasteiger partial charge in [0.15, 0.2) is 11.5 Å². The van der Waals surface area contributed by atoms with Gasteiger partial charge in [-0.15, -0.1) is 11.3 Å². The Labute approximate surface area is 145 Å². The number of carbonyl (C=O) groups is 1. The molecule has 0 bridgehead atoms. The average molecular weight is 347 g/mol. The monoisotopic (exact) mass is 347 g/mol. The minimum absolute atomic E-state index is 0.140.